The summed E-state index contributed by atoms with van der Waals surface area (Å²) >= 11 is 6.84. The number of aromatic nitrogens is 2. The van der Waals surface area contributed by atoms with Crippen molar-refractivity contribution in [2.24, 2.45) is 0 Å². The fourth-order valence-corrected chi connectivity index (χ4v) is 4.22. The van der Waals surface area contributed by atoms with Crippen LogP contribution < -0.4 is 10.9 Å². The minimum absolute atomic E-state index is 0.0417. The van der Waals surface area contributed by atoms with E-state index >= 15 is 0 Å². The van der Waals surface area contributed by atoms with Crippen molar-refractivity contribution in [3.05, 3.63) is 45.0 Å². The van der Waals surface area contributed by atoms with E-state index in [-0.39, 0.29) is 16.8 Å². The van der Waals surface area contributed by atoms with E-state index in [1.54, 1.807) is 4.57 Å². The molecule has 2 heterocycles. The summed E-state index contributed by atoms with van der Waals surface area (Å²) in [5.74, 6) is -0.0417. The Hall–Kier alpha value is -1.73. The molecule has 7 heteroatoms. The zero-order valence-corrected chi connectivity index (χ0v) is 14.0. The van der Waals surface area contributed by atoms with Crippen molar-refractivity contribution in [2.75, 3.05) is 5.32 Å². The first kappa shape index (κ1) is 15.2. The molecule has 1 aliphatic heterocycles. The van der Waals surface area contributed by atoms with Crippen LogP contribution >= 0.6 is 24.0 Å². The maximum Gasteiger partial charge on any atom is 0.264 e. The van der Waals surface area contributed by atoms with Crippen molar-refractivity contribution < 1.29 is 5.11 Å². The molecule has 0 aliphatic carbocycles. The van der Waals surface area contributed by atoms with Gasteiger partial charge in [-0.15, -0.1) is 0 Å². The molecule has 0 saturated carbocycles. The number of nitrogens with zero attached hydrogens (tertiary/aromatic N) is 2. The zero-order chi connectivity index (χ0) is 15.9. The lowest BCUT2D eigenvalue weighted by Crippen LogP contribution is -2.30. The quantitative estimate of drug-likeness (QED) is 0.843. The standard InChI is InChI=1S/C15H17N3O2S2/c1-3-17-13(19)11(14(20)18(4-2)15(17)21)12-16-9-7-5-6-8-10(9)22-12/h5-8,12,16,19H,3-4H2,1-2H3. The molecule has 1 aromatic carbocycles. The van der Waals surface area contributed by atoms with Crippen LogP contribution in [0.15, 0.2) is 34.0 Å². The Kier molecular flexibility index (Phi) is 4.01. The van der Waals surface area contributed by atoms with Gasteiger partial charge in [-0.3, -0.25) is 13.9 Å². The largest absolute Gasteiger partial charge is 0.494 e. The van der Waals surface area contributed by atoms with Gasteiger partial charge in [-0.1, -0.05) is 23.9 Å². The van der Waals surface area contributed by atoms with E-state index in [2.05, 4.69) is 5.32 Å². The average Bonchev–Trinajstić information content (AvgIpc) is 2.91. The molecular weight excluding hydrogens is 318 g/mol. The highest BCUT2D eigenvalue weighted by atomic mass is 32.2. The molecule has 22 heavy (non-hydrogen) atoms. The Bertz CT molecular complexity index is 817. The molecular formula is C15H17N3O2S2. The fraction of sp³-hybridized carbons (Fsp3) is 0.333. The number of para-hydroxylation sites is 1. The lowest BCUT2D eigenvalue weighted by molar-refractivity contribution is 0.393. The molecule has 0 radical (unpaired) electrons. The first-order valence-electron chi connectivity index (χ1n) is 7.17. The molecule has 2 N–H and O–H groups in total. The van der Waals surface area contributed by atoms with Crippen molar-refractivity contribution in [3.8, 4) is 5.88 Å². The third-order valence-electron chi connectivity index (χ3n) is 3.75. The van der Waals surface area contributed by atoms with Gasteiger partial charge < -0.3 is 10.4 Å². The van der Waals surface area contributed by atoms with Crippen molar-refractivity contribution in [3.63, 3.8) is 0 Å². The van der Waals surface area contributed by atoms with Gasteiger partial charge in [0.2, 0.25) is 5.88 Å². The number of anilines is 1. The number of fused-ring (bicyclic) bond motifs is 1. The Morgan fingerprint density at radius 3 is 2.59 bits per heavy atom. The molecule has 1 aromatic heterocycles. The van der Waals surface area contributed by atoms with Crippen LogP contribution in [-0.2, 0) is 13.1 Å². The number of hydrogen-bond donors (Lipinski definition) is 2. The summed E-state index contributed by atoms with van der Waals surface area (Å²) in [6, 6.07) is 7.86. The minimum atomic E-state index is -0.309. The summed E-state index contributed by atoms with van der Waals surface area (Å²) in [5, 5.41) is 13.5. The van der Waals surface area contributed by atoms with Crippen LogP contribution in [0, 0.1) is 4.77 Å². The molecule has 1 unspecified atom stereocenters. The molecule has 116 valence electrons. The molecule has 1 atom stereocenters. The van der Waals surface area contributed by atoms with Crippen molar-refractivity contribution in [1.82, 2.24) is 9.13 Å². The van der Waals surface area contributed by atoms with Gasteiger partial charge >= 0.3 is 0 Å². The highest BCUT2D eigenvalue weighted by molar-refractivity contribution is 8.00. The monoisotopic (exact) mass is 335 g/mol. The maximum atomic E-state index is 12.7. The summed E-state index contributed by atoms with van der Waals surface area (Å²) in [7, 11) is 0. The van der Waals surface area contributed by atoms with E-state index in [0.717, 1.165) is 10.6 Å². The van der Waals surface area contributed by atoms with Crippen LogP contribution in [-0.4, -0.2) is 14.2 Å². The number of nitrogens with one attached hydrogen (secondary N) is 1. The second kappa shape index (κ2) is 5.81. The predicted molar refractivity (Wildman–Crippen MR) is 91.2 cm³/mol. The molecule has 0 bridgehead atoms. The van der Waals surface area contributed by atoms with Gasteiger partial charge in [0.15, 0.2) is 4.77 Å². The van der Waals surface area contributed by atoms with Crippen molar-refractivity contribution in [1.29, 1.82) is 0 Å². The van der Waals surface area contributed by atoms with Gasteiger partial charge in [-0.05, 0) is 38.2 Å². The predicted octanol–water partition coefficient (Wildman–Crippen LogP) is 3.34. The van der Waals surface area contributed by atoms with E-state index in [0.29, 0.717) is 23.4 Å². The van der Waals surface area contributed by atoms with Crippen LogP contribution in [0.4, 0.5) is 5.69 Å². The molecule has 3 rings (SSSR count). The van der Waals surface area contributed by atoms with Gasteiger partial charge in [-0.25, -0.2) is 0 Å². The van der Waals surface area contributed by atoms with Crippen LogP contribution in [0.2, 0.25) is 0 Å². The van der Waals surface area contributed by atoms with Crippen LogP contribution in [0.25, 0.3) is 0 Å². The number of aromatic hydroxyl groups is 1. The van der Waals surface area contributed by atoms with E-state index in [1.165, 1.54) is 16.3 Å². The Balaban J connectivity index is 2.17. The van der Waals surface area contributed by atoms with Gasteiger partial charge in [0, 0.05) is 23.7 Å². The molecule has 0 fully saturated rings. The molecule has 2 aromatic rings. The van der Waals surface area contributed by atoms with Crippen molar-refractivity contribution >= 4 is 29.7 Å². The maximum absolute atomic E-state index is 12.7. The summed E-state index contributed by atoms with van der Waals surface area (Å²) in [6.45, 7) is 4.77. The van der Waals surface area contributed by atoms with Crippen LogP contribution in [0.5, 0.6) is 5.88 Å². The summed E-state index contributed by atoms with van der Waals surface area (Å²) < 4.78 is 3.48. The molecule has 1 aliphatic rings. The second-order valence-corrected chi connectivity index (χ2v) is 6.46. The van der Waals surface area contributed by atoms with E-state index in [9.17, 15) is 9.90 Å². The normalized spacial score (nSPS) is 16.4. The first-order valence-corrected chi connectivity index (χ1v) is 8.46. The van der Waals surface area contributed by atoms with Gasteiger partial charge in [0.1, 0.15) is 10.9 Å². The lowest BCUT2D eigenvalue weighted by atomic mass is 10.2. The lowest BCUT2D eigenvalue weighted by Gasteiger charge is -2.18. The Morgan fingerprint density at radius 2 is 1.95 bits per heavy atom. The molecule has 0 amide bonds. The highest BCUT2D eigenvalue weighted by Crippen LogP contribution is 2.47. The van der Waals surface area contributed by atoms with E-state index < -0.39 is 0 Å². The second-order valence-electron chi connectivity index (χ2n) is 4.95. The number of hydrogen-bond acceptors (Lipinski definition) is 5. The Labute approximate surface area is 137 Å². The fourth-order valence-electron chi connectivity index (χ4n) is 2.62. The topological polar surface area (TPSA) is 59.2 Å². The molecule has 0 saturated heterocycles. The average molecular weight is 335 g/mol. The van der Waals surface area contributed by atoms with Gasteiger partial charge in [0.25, 0.3) is 5.56 Å². The van der Waals surface area contributed by atoms with E-state index in [1.807, 2.05) is 38.1 Å². The van der Waals surface area contributed by atoms with Gasteiger partial charge in [-0.2, -0.15) is 0 Å². The van der Waals surface area contributed by atoms with Crippen molar-refractivity contribution in [2.45, 2.75) is 37.2 Å². The van der Waals surface area contributed by atoms with E-state index in [4.69, 9.17) is 12.2 Å². The molecule has 0 spiro atoms. The number of thioether (sulfide) groups is 1. The minimum Gasteiger partial charge on any atom is -0.494 e. The molecule has 5 nitrogen and oxygen atoms in total. The summed E-state index contributed by atoms with van der Waals surface area (Å²) in [5.41, 5.74) is 1.11. The third-order valence-corrected chi connectivity index (χ3v) is 5.39. The first-order chi connectivity index (χ1) is 10.6. The van der Waals surface area contributed by atoms with Crippen LogP contribution in [0.3, 0.4) is 0 Å². The zero-order valence-electron chi connectivity index (χ0n) is 12.4. The number of rotatable bonds is 3. The highest BCUT2D eigenvalue weighted by Gasteiger charge is 2.29. The summed E-state index contributed by atoms with van der Waals surface area (Å²) in [4.78, 5) is 13.8. The summed E-state index contributed by atoms with van der Waals surface area (Å²) in [6.07, 6.45) is 0. The smallest absolute Gasteiger partial charge is 0.264 e. The SMILES string of the molecule is CCn1c(O)c(C2Nc3ccccc3S2)c(=O)n(CC)c1=S. The van der Waals surface area contributed by atoms with Crippen LogP contribution in [0.1, 0.15) is 24.8 Å². The number of benzene rings is 1. The third kappa shape index (κ3) is 2.24. The Morgan fingerprint density at radius 1 is 1.27 bits per heavy atom. The van der Waals surface area contributed by atoms with Gasteiger partial charge in [0.05, 0.1) is 0 Å².